The van der Waals surface area contributed by atoms with E-state index in [4.69, 9.17) is 0 Å². The Morgan fingerprint density at radius 2 is 1.90 bits per heavy atom. The summed E-state index contributed by atoms with van der Waals surface area (Å²) in [6.45, 7) is 5.24. The molecule has 1 aliphatic heterocycles. The van der Waals surface area contributed by atoms with Crippen molar-refractivity contribution in [1.29, 1.82) is 0 Å². The molecule has 0 atom stereocenters. The van der Waals surface area contributed by atoms with Crippen molar-refractivity contribution in [2.24, 2.45) is 0 Å². The molecule has 1 aliphatic rings. The van der Waals surface area contributed by atoms with Crippen LogP contribution in [0.5, 0.6) is 0 Å². The number of aryl methyl sites for hydroxylation is 1. The van der Waals surface area contributed by atoms with E-state index in [1.54, 1.807) is 11.0 Å². The summed E-state index contributed by atoms with van der Waals surface area (Å²) in [4.78, 5) is 33.6. The summed E-state index contributed by atoms with van der Waals surface area (Å²) >= 11 is 0. The second-order valence-electron chi connectivity index (χ2n) is 5.03. The second kappa shape index (κ2) is 7.01. The van der Waals surface area contributed by atoms with Crippen LogP contribution in [0.2, 0.25) is 0 Å². The first-order chi connectivity index (χ1) is 10.1. The van der Waals surface area contributed by atoms with Crippen molar-refractivity contribution in [2.45, 2.75) is 33.1 Å². The monoisotopic (exact) mass is 291 g/mol. The summed E-state index contributed by atoms with van der Waals surface area (Å²) < 4.78 is 0. The number of hydrogen-bond donors (Lipinski definition) is 2. The largest absolute Gasteiger partial charge is 0.370 e. The minimum atomic E-state index is -0.301. The van der Waals surface area contributed by atoms with Crippen LogP contribution in [0.3, 0.4) is 0 Å². The second-order valence-corrected chi connectivity index (χ2v) is 5.03. The lowest BCUT2D eigenvalue weighted by atomic mass is 10.3. The van der Waals surface area contributed by atoms with Gasteiger partial charge in [0, 0.05) is 19.0 Å². The Labute approximate surface area is 124 Å². The Morgan fingerprint density at radius 3 is 2.52 bits per heavy atom. The molecule has 7 heteroatoms. The zero-order valence-electron chi connectivity index (χ0n) is 12.5. The molecule has 7 nitrogen and oxygen atoms in total. The van der Waals surface area contributed by atoms with E-state index in [-0.39, 0.29) is 24.9 Å². The molecule has 0 radical (unpaired) electrons. The van der Waals surface area contributed by atoms with Crippen LogP contribution in [0, 0.1) is 0 Å². The fraction of sp³-hybridized carbons (Fsp3) is 0.571. The van der Waals surface area contributed by atoms with Gasteiger partial charge >= 0.3 is 0 Å². The number of imide groups is 1. The van der Waals surface area contributed by atoms with Gasteiger partial charge in [-0.3, -0.25) is 14.9 Å². The molecule has 2 N–H and O–H groups in total. The predicted molar refractivity (Wildman–Crippen MR) is 80.2 cm³/mol. The molecule has 0 saturated carbocycles. The number of aromatic nitrogens is 2. The molecule has 2 amide bonds. The normalized spacial score (nSPS) is 15.0. The van der Waals surface area contributed by atoms with Gasteiger partial charge in [-0.2, -0.15) is 0 Å². The van der Waals surface area contributed by atoms with Crippen molar-refractivity contribution < 1.29 is 9.59 Å². The molecule has 0 spiro atoms. The molecule has 114 valence electrons. The summed E-state index contributed by atoms with van der Waals surface area (Å²) in [5.41, 5.74) is 0. The Bertz CT molecular complexity index is 516. The maximum Gasteiger partial charge on any atom is 0.246 e. The Hall–Kier alpha value is -2.18. The van der Waals surface area contributed by atoms with Gasteiger partial charge in [-0.25, -0.2) is 9.97 Å². The number of nitrogens with one attached hydrogen (secondary N) is 2. The molecule has 1 saturated heterocycles. The third kappa shape index (κ3) is 4.14. The maximum atomic E-state index is 11.5. The lowest BCUT2D eigenvalue weighted by Gasteiger charge is -2.27. The molecule has 0 unspecified atom stereocenters. The first-order valence-electron chi connectivity index (χ1n) is 7.31. The summed E-state index contributed by atoms with van der Waals surface area (Å²) in [5.74, 6) is 1.49. The van der Waals surface area contributed by atoms with Gasteiger partial charge in [0.15, 0.2) is 0 Å². The van der Waals surface area contributed by atoms with E-state index in [9.17, 15) is 9.59 Å². The van der Waals surface area contributed by atoms with Crippen LogP contribution in [0.25, 0.3) is 0 Å². The molecule has 0 aromatic carbocycles. The van der Waals surface area contributed by atoms with Gasteiger partial charge in [-0.1, -0.05) is 13.8 Å². The van der Waals surface area contributed by atoms with E-state index >= 15 is 0 Å². The Kier molecular flexibility index (Phi) is 5.08. The van der Waals surface area contributed by atoms with E-state index in [0.29, 0.717) is 5.82 Å². The smallest absolute Gasteiger partial charge is 0.246 e. The minimum absolute atomic E-state index is 0.140. The molecular weight excluding hydrogens is 270 g/mol. The number of amides is 2. The fourth-order valence-corrected chi connectivity index (χ4v) is 2.12. The van der Waals surface area contributed by atoms with E-state index in [2.05, 4.69) is 34.4 Å². The molecule has 1 fully saturated rings. The third-order valence-corrected chi connectivity index (χ3v) is 3.06. The molecule has 2 rings (SSSR count). The minimum Gasteiger partial charge on any atom is -0.370 e. The van der Waals surface area contributed by atoms with Crippen LogP contribution in [0.1, 0.15) is 32.5 Å². The van der Waals surface area contributed by atoms with Crippen LogP contribution >= 0.6 is 0 Å². The van der Waals surface area contributed by atoms with Gasteiger partial charge in [0.2, 0.25) is 11.8 Å². The Balaban J connectivity index is 2.25. The van der Waals surface area contributed by atoms with Gasteiger partial charge in [0.1, 0.15) is 17.5 Å². The first kappa shape index (κ1) is 15.2. The van der Waals surface area contributed by atoms with Gasteiger partial charge < -0.3 is 10.2 Å². The highest BCUT2D eigenvalue weighted by atomic mass is 16.2. The van der Waals surface area contributed by atoms with Crippen molar-refractivity contribution in [2.75, 3.05) is 29.9 Å². The van der Waals surface area contributed by atoms with Gasteiger partial charge in [-0.05, 0) is 12.8 Å². The van der Waals surface area contributed by atoms with Gasteiger partial charge in [0.05, 0.1) is 13.1 Å². The van der Waals surface area contributed by atoms with Crippen molar-refractivity contribution in [3.8, 4) is 0 Å². The molecular formula is C14H21N5O2. The predicted octanol–water partition coefficient (Wildman–Crippen LogP) is 0.714. The molecule has 1 aromatic heterocycles. The number of rotatable bonds is 6. The SMILES string of the molecule is CCCNc1cc(N2CC(=O)NC(=O)C2)nc(CCC)n1. The van der Waals surface area contributed by atoms with E-state index < -0.39 is 0 Å². The van der Waals surface area contributed by atoms with E-state index in [1.165, 1.54) is 0 Å². The van der Waals surface area contributed by atoms with Crippen LogP contribution in [0.15, 0.2) is 6.07 Å². The number of anilines is 2. The lowest BCUT2D eigenvalue weighted by molar-refractivity contribution is -0.130. The number of carbonyl (C=O) groups is 2. The van der Waals surface area contributed by atoms with Crippen LogP contribution in [0.4, 0.5) is 11.6 Å². The van der Waals surface area contributed by atoms with Gasteiger partial charge in [0.25, 0.3) is 0 Å². The first-order valence-corrected chi connectivity index (χ1v) is 7.31. The molecule has 2 heterocycles. The van der Waals surface area contributed by atoms with Crippen LogP contribution in [-0.2, 0) is 16.0 Å². The highest BCUT2D eigenvalue weighted by Crippen LogP contribution is 2.17. The molecule has 0 bridgehead atoms. The topological polar surface area (TPSA) is 87.2 Å². The third-order valence-electron chi connectivity index (χ3n) is 3.06. The van der Waals surface area contributed by atoms with E-state index in [1.807, 2.05) is 0 Å². The van der Waals surface area contributed by atoms with Crippen LogP contribution in [-0.4, -0.2) is 41.4 Å². The van der Waals surface area contributed by atoms with E-state index in [0.717, 1.165) is 37.4 Å². The maximum absolute atomic E-state index is 11.5. The van der Waals surface area contributed by atoms with Crippen molar-refractivity contribution in [1.82, 2.24) is 15.3 Å². The number of nitrogens with zero attached hydrogens (tertiary/aromatic N) is 3. The van der Waals surface area contributed by atoms with Crippen molar-refractivity contribution in [3.05, 3.63) is 11.9 Å². The fourth-order valence-electron chi connectivity index (χ4n) is 2.12. The lowest BCUT2D eigenvalue weighted by Crippen LogP contribution is -2.51. The van der Waals surface area contributed by atoms with Gasteiger partial charge in [-0.15, -0.1) is 0 Å². The average Bonchev–Trinajstić information content (AvgIpc) is 2.44. The standard InChI is InChI=1S/C14H21N5O2/c1-3-5-10-16-11(15-6-4-2)7-12(17-10)19-8-13(20)18-14(21)9-19/h7H,3-6,8-9H2,1-2H3,(H,15,16,17)(H,18,20,21). The highest BCUT2D eigenvalue weighted by molar-refractivity contribution is 6.02. The summed E-state index contributed by atoms with van der Waals surface area (Å²) in [6, 6.07) is 1.79. The Morgan fingerprint density at radius 1 is 1.19 bits per heavy atom. The zero-order valence-corrected chi connectivity index (χ0v) is 12.5. The summed E-state index contributed by atoms with van der Waals surface area (Å²) in [6.07, 6.45) is 2.70. The number of carbonyl (C=O) groups excluding carboxylic acids is 2. The summed E-state index contributed by atoms with van der Waals surface area (Å²) in [7, 11) is 0. The van der Waals surface area contributed by atoms with Crippen LogP contribution < -0.4 is 15.5 Å². The zero-order chi connectivity index (χ0) is 15.2. The number of hydrogen-bond acceptors (Lipinski definition) is 6. The highest BCUT2D eigenvalue weighted by Gasteiger charge is 2.24. The molecule has 21 heavy (non-hydrogen) atoms. The molecule has 0 aliphatic carbocycles. The number of piperazine rings is 1. The van der Waals surface area contributed by atoms with Crippen molar-refractivity contribution >= 4 is 23.5 Å². The summed E-state index contributed by atoms with van der Waals surface area (Å²) in [5, 5.41) is 5.52. The van der Waals surface area contributed by atoms with Crippen molar-refractivity contribution in [3.63, 3.8) is 0 Å². The average molecular weight is 291 g/mol. The quantitative estimate of drug-likeness (QED) is 0.751. The molecule has 1 aromatic rings.